The number of carboxylic acid groups (broad SMARTS) is 4. The molecule has 2 aromatic heterocycles. The van der Waals surface area contributed by atoms with E-state index in [1.165, 1.54) is 11.1 Å². The second kappa shape index (κ2) is 13.0. The van der Waals surface area contributed by atoms with E-state index in [9.17, 15) is 34.2 Å². The number of aromatic carboxylic acids is 4. The molecule has 0 bridgehead atoms. The fourth-order valence-corrected chi connectivity index (χ4v) is 3.41. The normalized spacial score (nSPS) is 9.74. The van der Waals surface area contributed by atoms with Gasteiger partial charge in [-0.05, 0) is 35.4 Å². The summed E-state index contributed by atoms with van der Waals surface area (Å²) in [6.07, 6.45) is 7.69. The van der Waals surface area contributed by atoms with Crippen LogP contribution in [-0.2, 0) is 0 Å². The van der Waals surface area contributed by atoms with Gasteiger partial charge in [-0.15, -0.1) is 0 Å². The van der Waals surface area contributed by atoms with Crippen molar-refractivity contribution in [1.29, 1.82) is 0 Å². The van der Waals surface area contributed by atoms with E-state index in [1.54, 1.807) is 0 Å². The van der Waals surface area contributed by atoms with Crippen molar-refractivity contribution in [3.63, 3.8) is 0 Å². The van der Waals surface area contributed by atoms with Gasteiger partial charge in [-0.25, -0.2) is 19.6 Å². The average molecular weight is 532 g/mol. The molecule has 0 spiro atoms. The summed E-state index contributed by atoms with van der Waals surface area (Å²) in [6, 6.07) is 13.6. The smallest absolute Gasteiger partial charge is 0.336 e. The maximum absolute atomic E-state index is 12.4. The number of pyridine rings is 2. The van der Waals surface area contributed by atoms with Gasteiger partial charge in [0.15, 0.2) is 30.6 Å². The number of nitrogens with one attached hydrogen (secondary N) is 2. The van der Waals surface area contributed by atoms with Gasteiger partial charge in [0.05, 0.1) is 23.1 Å². The number of aromatic amines is 2. The molecule has 2 aromatic carbocycles. The van der Waals surface area contributed by atoms with Crippen LogP contribution in [0.1, 0.15) is 57.4 Å². The van der Waals surface area contributed by atoms with E-state index in [0.29, 0.717) is 0 Å². The Balaban J connectivity index is 0.000000341. The standard InChI is InChI=1S/C17H10O9.C10H8N2.H2O/c18-13(7-1-3-9(14(19)20)11(5-7)16(23)24)8-2-4-10(15(21)22)12(6-8)17(25)26;1-5-11-6-2-9(1)10-3-7-12-8-4-10;/h1-6H,(H,19,20)(H,21,22)(H,23,24)(H,25,26);1-8H;1H2. The molecule has 12 heteroatoms. The third-order valence-corrected chi connectivity index (χ3v) is 5.23. The van der Waals surface area contributed by atoms with Crippen LogP contribution in [0.3, 0.4) is 0 Å². The molecule has 4 aromatic rings. The quantitative estimate of drug-likeness (QED) is 0.283. The Labute approximate surface area is 219 Å². The Morgan fingerprint density at radius 3 is 1.15 bits per heavy atom. The highest BCUT2D eigenvalue weighted by Gasteiger charge is 2.18. The number of aromatic nitrogens is 2. The molecule has 6 N–H and O–H groups in total. The number of carbonyl (C=O) groups excluding carboxylic acids is 3. The topological polar surface area (TPSA) is 232 Å². The average Bonchev–Trinajstić information content (AvgIpc) is 2.93. The summed E-state index contributed by atoms with van der Waals surface area (Å²) in [5, 5.41) is 40.0. The lowest BCUT2D eigenvalue weighted by Crippen LogP contribution is -2.26. The van der Waals surface area contributed by atoms with Crippen LogP contribution in [0, 0.1) is 0 Å². The van der Waals surface area contributed by atoms with E-state index in [4.69, 9.17) is 10.2 Å². The van der Waals surface area contributed by atoms with Gasteiger partial charge in [0.1, 0.15) is 0 Å². The van der Waals surface area contributed by atoms with Crippen LogP contribution in [0.25, 0.3) is 11.1 Å². The van der Waals surface area contributed by atoms with Crippen LogP contribution < -0.4 is 20.2 Å². The molecule has 0 fully saturated rings. The van der Waals surface area contributed by atoms with Crippen LogP contribution >= 0.6 is 0 Å². The van der Waals surface area contributed by atoms with Crippen LogP contribution in [-0.4, -0.2) is 45.3 Å². The monoisotopic (exact) mass is 532 g/mol. The molecular formula is C27H20N2O10. The Hall–Kier alpha value is -5.75. The zero-order chi connectivity index (χ0) is 27.8. The highest BCUT2D eigenvalue weighted by molar-refractivity contribution is 6.13. The fraction of sp³-hybridized carbons (Fsp3) is 0. The second-order valence-electron chi connectivity index (χ2n) is 7.61. The van der Waals surface area contributed by atoms with Crippen molar-refractivity contribution < 1.29 is 59.8 Å². The molecule has 39 heavy (non-hydrogen) atoms. The second-order valence-corrected chi connectivity index (χ2v) is 7.61. The SMILES string of the molecule is O.O=C(c1ccc(C(=O)O)c(C(=O)[O-])c1)c1ccc(C(=O)O)c(C(=O)[O-])c1.c1cc(-c2cc[nH+]cc2)cc[nH+]1. The summed E-state index contributed by atoms with van der Waals surface area (Å²) in [7, 11) is 0. The number of rotatable bonds is 7. The highest BCUT2D eigenvalue weighted by Crippen LogP contribution is 2.19. The van der Waals surface area contributed by atoms with Crippen molar-refractivity contribution >= 4 is 29.7 Å². The van der Waals surface area contributed by atoms with E-state index < -0.39 is 51.9 Å². The zero-order valence-electron chi connectivity index (χ0n) is 19.8. The van der Waals surface area contributed by atoms with Crippen molar-refractivity contribution in [1.82, 2.24) is 0 Å². The molecule has 4 rings (SSSR count). The molecule has 0 aliphatic heterocycles. The predicted octanol–water partition coefficient (Wildman–Crippen LogP) is -0.802. The number of H-pyrrole nitrogens is 2. The van der Waals surface area contributed by atoms with E-state index in [2.05, 4.69) is 34.2 Å². The van der Waals surface area contributed by atoms with Gasteiger partial charge in [-0.1, -0.05) is 12.1 Å². The number of ketones is 1. The minimum absolute atomic E-state index is 0. The van der Waals surface area contributed by atoms with Gasteiger partial charge in [0, 0.05) is 46.5 Å². The van der Waals surface area contributed by atoms with E-state index in [-0.39, 0.29) is 16.6 Å². The van der Waals surface area contributed by atoms with Crippen molar-refractivity contribution in [2.24, 2.45) is 0 Å². The van der Waals surface area contributed by atoms with E-state index in [0.717, 1.165) is 36.4 Å². The molecule has 2 heterocycles. The largest absolute Gasteiger partial charge is 0.545 e. The number of hydrogen-bond acceptors (Lipinski definition) is 7. The molecule has 0 saturated heterocycles. The first-order valence-corrected chi connectivity index (χ1v) is 10.7. The Kier molecular flexibility index (Phi) is 9.81. The summed E-state index contributed by atoms with van der Waals surface area (Å²) in [6.45, 7) is 0. The highest BCUT2D eigenvalue weighted by atomic mass is 16.4. The van der Waals surface area contributed by atoms with Gasteiger partial charge < -0.3 is 35.5 Å². The van der Waals surface area contributed by atoms with Crippen molar-refractivity contribution in [3.05, 3.63) is 119 Å². The third-order valence-electron chi connectivity index (χ3n) is 5.23. The summed E-state index contributed by atoms with van der Waals surface area (Å²) in [5.41, 5.74) is -0.679. The summed E-state index contributed by atoms with van der Waals surface area (Å²) < 4.78 is 0. The first-order chi connectivity index (χ1) is 18.1. The van der Waals surface area contributed by atoms with Gasteiger partial charge in [0.25, 0.3) is 0 Å². The summed E-state index contributed by atoms with van der Waals surface area (Å²) >= 11 is 0. The zero-order valence-corrected chi connectivity index (χ0v) is 19.8. The first kappa shape index (κ1) is 29.5. The molecule has 0 saturated carbocycles. The maximum Gasteiger partial charge on any atom is 0.336 e. The van der Waals surface area contributed by atoms with E-state index in [1.807, 2.05) is 24.8 Å². The van der Waals surface area contributed by atoms with Crippen molar-refractivity contribution in [3.8, 4) is 11.1 Å². The maximum atomic E-state index is 12.4. The van der Waals surface area contributed by atoms with Crippen LogP contribution in [0.2, 0.25) is 0 Å². The Morgan fingerprint density at radius 1 is 0.538 bits per heavy atom. The fourth-order valence-electron chi connectivity index (χ4n) is 3.41. The molecule has 0 aliphatic carbocycles. The van der Waals surface area contributed by atoms with Crippen molar-refractivity contribution in [2.45, 2.75) is 0 Å². The minimum atomic E-state index is -1.81. The van der Waals surface area contributed by atoms with Gasteiger partial charge in [0.2, 0.25) is 0 Å². The molecule has 0 radical (unpaired) electrons. The lowest BCUT2D eigenvalue weighted by atomic mass is 9.95. The number of carboxylic acids is 4. The minimum Gasteiger partial charge on any atom is -0.545 e. The first-order valence-electron chi connectivity index (χ1n) is 10.7. The lowest BCUT2D eigenvalue weighted by molar-refractivity contribution is -0.378. The van der Waals surface area contributed by atoms with Gasteiger partial charge >= 0.3 is 11.9 Å². The molecule has 198 valence electrons. The predicted molar refractivity (Wildman–Crippen MR) is 127 cm³/mol. The summed E-state index contributed by atoms with van der Waals surface area (Å²) in [5.74, 6) is -7.53. The summed E-state index contributed by atoms with van der Waals surface area (Å²) in [4.78, 5) is 62.5. The lowest BCUT2D eigenvalue weighted by Gasteiger charge is -2.11. The molecule has 0 unspecified atom stereocenters. The molecular weight excluding hydrogens is 512 g/mol. The Bertz CT molecular complexity index is 1420. The molecule has 0 aliphatic rings. The molecule has 12 nitrogen and oxygen atoms in total. The Morgan fingerprint density at radius 2 is 0.872 bits per heavy atom. The third kappa shape index (κ3) is 7.15. The van der Waals surface area contributed by atoms with Gasteiger partial charge in [-0.2, -0.15) is 0 Å². The van der Waals surface area contributed by atoms with Gasteiger partial charge in [-0.3, -0.25) is 4.79 Å². The van der Waals surface area contributed by atoms with Crippen molar-refractivity contribution in [2.75, 3.05) is 0 Å². The van der Waals surface area contributed by atoms with E-state index >= 15 is 0 Å². The molecule has 0 atom stereocenters. The number of hydrogen-bond donors (Lipinski definition) is 2. The number of carbonyl (C=O) groups is 5. The number of benzene rings is 2. The van der Waals surface area contributed by atoms with Crippen LogP contribution in [0.4, 0.5) is 0 Å². The van der Waals surface area contributed by atoms with Crippen LogP contribution in [0.5, 0.6) is 0 Å². The van der Waals surface area contributed by atoms with Crippen LogP contribution in [0.15, 0.2) is 85.5 Å². The molecule has 0 amide bonds.